The molecule has 5 heteroatoms. The number of hydrogen-bond acceptors (Lipinski definition) is 4. The Hall–Kier alpha value is -1.91. The molecule has 0 unspecified atom stereocenters. The van der Waals surface area contributed by atoms with Gasteiger partial charge in [-0.1, -0.05) is 27.2 Å². The van der Waals surface area contributed by atoms with Crippen LogP contribution < -0.4 is 19.5 Å². The van der Waals surface area contributed by atoms with E-state index in [2.05, 4.69) is 26.1 Å². The Morgan fingerprint density at radius 1 is 1.26 bits per heavy atom. The molecule has 3 rings (SSSR count). The number of ether oxygens (including phenoxy) is 3. The number of hydrogen-bond donors (Lipinski definition) is 1. The molecule has 23 heavy (non-hydrogen) atoms. The van der Waals surface area contributed by atoms with Crippen molar-refractivity contribution in [2.24, 2.45) is 17.8 Å². The zero-order valence-corrected chi connectivity index (χ0v) is 14.0. The van der Waals surface area contributed by atoms with Crippen LogP contribution in [0.25, 0.3) is 0 Å². The van der Waals surface area contributed by atoms with Crippen LogP contribution in [0.1, 0.15) is 40.0 Å². The first kappa shape index (κ1) is 16.0. The van der Waals surface area contributed by atoms with Crippen LogP contribution in [0.4, 0.5) is 4.79 Å². The van der Waals surface area contributed by atoms with Gasteiger partial charge in [-0.25, -0.2) is 4.79 Å². The summed E-state index contributed by atoms with van der Waals surface area (Å²) in [5, 5.41) is 3.06. The van der Waals surface area contributed by atoms with Gasteiger partial charge in [0.05, 0.1) is 0 Å². The quantitative estimate of drug-likeness (QED) is 0.916. The van der Waals surface area contributed by atoms with Crippen molar-refractivity contribution in [3.63, 3.8) is 0 Å². The van der Waals surface area contributed by atoms with Crippen molar-refractivity contribution in [1.82, 2.24) is 5.32 Å². The van der Waals surface area contributed by atoms with E-state index in [-0.39, 0.29) is 12.8 Å². The SMILES string of the molecule is CC(C)[C@@H]1CC[C@@H](C)C[C@@H]1NC(=O)Oc1ccc2c(c1)OCO2. The Labute approximate surface area is 137 Å². The van der Waals surface area contributed by atoms with Gasteiger partial charge in [-0.05, 0) is 42.7 Å². The summed E-state index contributed by atoms with van der Waals surface area (Å²) in [6.07, 6.45) is 3.01. The highest BCUT2D eigenvalue weighted by molar-refractivity contribution is 5.71. The fraction of sp³-hybridized carbons (Fsp3) is 0.611. The fourth-order valence-electron chi connectivity index (χ4n) is 3.60. The molecule has 0 bridgehead atoms. The van der Waals surface area contributed by atoms with Gasteiger partial charge in [-0.3, -0.25) is 0 Å². The second-order valence-electron chi connectivity index (χ2n) is 6.98. The summed E-state index contributed by atoms with van der Waals surface area (Å²) >= 11 is 0. The minimum Gasteiger partial charge on any atom is -0.454 e. The number of benzene rings is 1. The Kier molecular flexibility index (Phi) is 4.64. The molecule has 1 aliphatic heterocycles. The Morgan fingerprint density at radius 3 is 2.83 bits per heavy atom. The number of fused-ring (bicyclic) bond motifs is 1. The predicted octanol–water partition coefficient (Wildman–Crippen LogP) is 3.96. The Balaban J connectivity index is 1.61. The molecule has 0 aromatic heterocycles. The van der Waals surface area contributed by atoms with E-state index >= 15 is 0 Å². The molecule has 1 N–H and O–H groups in total. The van der Waals surface area contributed by atoms with Crippen LogP contribution in [0.5, 0.6) is 17.2 Å². The second kappa shape index (κ2) is 6.69. The lowest BCUT2D eigenvalue weighted by Gasteiger charge is -2.37. The van der Waals surface area contributed by atoms with E-state index in [1.54, 1.807) is 18.2 Å². The van der Waals surface area contributed by atoms with Gasteiger partial charge in [-0.2, -0.15) is 0 Å². The monoisotopic (exact) mass is 319 g/mol. The zero-order chi connectivity index (χ0) is 16.4. The molecule has 5 nitrogen and oxygen atoms in total. The fourth-order valence-corrected chi connectivity index (χ4v) is 3.60. The summed E-state index contributed by atoms with van der Waals surface area (Å²) < 4.78 is 16.0. The van der Waals surface area contributed by atoms with Gasteiger partial charge in [0.15, 0.2) is 11.5 Å². The molecule has 0 spiro atoms. The third-order valence-electron chi connectivity index (χ3n) is 4.88. The van der Waals surface area contributed by atoms with Gasteiger partial charge in [0.25, 0.3) is 0 Å². The first-order valence-electron chi connectivity index (χ1n) is 8.41. The summed E-state index contributed by atoms with van der Waals surface area (Å²) in [6.45, 7) is 6.90. The van der Waals surface area contributed by atoms with E-state index in [9.17, 15) is 4.79 Å². The van der Waals surface area contributed by atoms with E-state index in [0.717, 1.165) is 12.8 Å². The molecule has 0 radical (unpaired) electrons. The third-order valence-corrected chi connectivity index (χ3v) is 4.88. The number of carbonyl (C=O) groups is 1. The molecule has 1 fully saturated rings. The lowest BCUT2D eigenvalue weighted by atomic mass is 9.74. The van der Waals surface area contributed by atoms with Crippen LogP contribution in [0.15, 0.2) is 18.2 Å². The Bertz CT molecular complexity index is 572. The van der Waals surface area contributed by atoms with Crippen molar-refractivity contribution < 1.29 is 19.0 Å². The van der Waals surface area contributed by atoms with E-state index < -0.39 is 6.09 Å². The van der Waals surface area contributed by atoms with Crippen molar-refractivity contribution in [2.75, 3.05) is 6.79 Å². The highest BCUT2D eigenvalue weighted by Crippen LogP contribution is 2.36. The average Bonchev–Trinajstić information content (AvgIpc) is 2.94. The molecule has 3 atom stereocenters. The summed E-state index contributed by atoms with van der Waals surface area (Å²) in [7, 11) is 0. The molecule has 1 aliphatic carbocycles. The van der Waals surface area contributed by atoms with Crippen LogP contribution in [-0.2, 0) is 0 Å². The van der Waals surface area contributed by atoms with Crippen LogP contribution >= 0.6 is 0 Å². The van der Waals surface area contributed by atoms with Gasteiger partial charge in [0.2, 0.25) is 6.79 Å². The van der Waals surface area contributed by atoms with Gasteiger partial charge >= 0.3 is 6.09 Å². The molecular weight excluding hydrogens is 294 g/mol. The minimum atomic E-state index is -0.395. The van der Waals surface area contributed by atoms with E-state index in [0.29, 0.717) is 35.0 Å². The maximum absolute atomic E-state index is 12.3. The molecule has 0 saturated heterocycles. The van der Waals surface area contributed by atoms with Crippen molar-refractivity contribution in [1.29, 1.82) is 0 Å². The zero-order valence-electron chi connectivity index (χ0n) is 14.0. The average molecular weight is 319 g/mol. The Morgan fingerprint density at radius 2 is 2.04 bits per heavy atom. The third kappa shape index (κ3) is 3.71. The molecule has 126 valence electrons. The predicted molar refractivity (Wildman–Crippen MR) is 86.9 cm³/mol. The molecule has 1 heterocycles. The van der Waals surface area contributed by atoms with Crippen molar-refractivity contribution in [3.05, 3.63) is 18.2 Å². The highest BCUT2D eigenvalue weighted by atomic mass is 16.7. The first-order chi connectivity index (χ1) is 11.0. The van der Waals surface area contributed by atoms with E-state index in [1.165, 1.54) is 6.42 Å². The maximum atomic E-state index is 12.3. The van der Waals surface area contributed by atoms with Crippen LogP contribution in [0.2, 0.25) is 0 Å². The number of rotatable bonds is 3. The largest absolute Gasteiger partial charge is 0.454 e. The molecule has 1 aromatic carbocycles. The molecule has 1 saturated carbocycles. The number of amides is 1. The normalized spacial score (nSPS) is 26.2. The summed E-state index contributed by atoms with van der Waals surface area (Å²) in [6, 6.07) is 5.34. The topological polar surface area (TPSA) is 56.8 Å². The van der Waals surface area contributed by atoms with Crippen LogP contribution in [0, 0.1) is 17.8 Å². The molecule has 1 amide bonds. The van der Waals surface area contributed by atoms with Gasteiger partial charge in [0.1, 0.15) is 5.75 Å². The summed E-state index contributed by atoms with van der Waals surface area (Å²) in [5.74, 6) is 3.46. The number of nitrogens with one attached hydrogen (secondary N) is 1. The smallest absolute Gasteiger partial charge is 0.412 e. The summed E-state index contributed by atoms with van der Waals surface area (Å²) in [4.78, 5) is 12.3. The maximum Gasteiger partial charge on any atom is 0.412 e. The molecule has 1 aromatic rings. The van der Waals surface area contributed by atoms with Crippen LogP contribution in [0.3, 0.4) is 0 Å². The van der Waals surface area contributed by atoms with E-state index in [4.69, 9.17) is 14.2 Å². The van der Waals surface area contributed by atoms with Crippen LogP contribution in [-0.4, -0.2) is 18.9 Å². The van der Waals surface area contributed by atoms with Crippen molar-refractivity contribution >= 4 is 6.09 Å². The molecular formula is C18H25NO4. The molecule has 2 aliphatic rings. The second-order valence-corrected chi connectivity index (χ2v) is 6.98. The number of carbonyl (C=O) groups excluding carboxylic acids is 1. The van der Waals surface area contributed by atoms with Crippen molar-refractivity contribution in [2.45, 2.75) is 46.1 Å². The van der Waals surface area contributed by atoms with Gasteiger partial charge in [0, 0.05) is 12.1 Å². The lowest BCUT2D eigenvalue weighted by Crippen LogP contribution is -2.46. The standard InChI is InChI=1S/C18H25NO4/c1-11(2)14-6-4-12(3)8-15(14)19-18(20)23-13-5-7-16-17(9-13)22-10-21-16/h5,7,9,11-12,14-15H,4,6,8,10H2,1-3H3,(H,19,20)/t12-,14+,15+/m1/s1. The highest BCUT2D eigenvalue weighted by Gasteiger charge is 2.32. The van der Waals surface area contributed by atoms with Gasteiger partial charge in [-0.15, -0.1) is 0 Å². The van der Waals surface area contributed by atoms with Crippen molar-refractivity contribution in [3.8, 4) is 17.2 Å². The van der Waals surface area contributed by atoms with E-state index in [1.807, 2.05) is 0 Å². The first-order valence-corrected chi connectivity index (χ1v) is 8.41. The lowest BCUT2D eigenvalue weighted by molar-refractivity contribution is 0.150. The minimum absolute atomic E-state index is 0.181. The summed E-state index contributed by atoms with van der Waals surface area (Å²) in [5.41, 5.74) is 0. The van der Waals surface area contributed by atoms with Gasteiger partial charge < -0.3 is 19.5 Å².